The fraction of sp³-hybridized carbons (Fsp3) is 0.429. The molecule has 2 aromatic rings. The van der Waals surface area contributed by atoms with Crippen LogP contribution in [0, 0.1) is 16.5 Å². The first kappa shape index (κ1) is 15.7. The highest BCUT2D eigenvalue weighted by atomic mass is 32.1. The molecular weight excluding hydrogens is 293 g/mol. The summed E-state index contributed by atoms with van der Waals surface area (Å²) in [5, 5.41) is 11.7. The van der Waals surface area contributed by atoms with Crippen molar-refractivity contribution in [3.63, 3.8) is 0 Å². The molecule has 1 aromatic carbocycles. The van der Waals surface area contributed by atoms with Crippen LogP contribution in [-0.4, -0.2) is 34.1 Å². The number of aromatic nitrogens is 2. The molecular formula is C14H18FN3O2S. The molecule has 0 spiro atoms. The second-order valence-corrected chi connectivity index (χ2v) is 5.36. The second kappa shape index (κ2) is 6.82. The van der Waals surface area contributed by atoms with Crippen LogP contribution in [0.4, 0.5) is 4.39 Å². The molecule has 0 saturated heterocycles. The number of carbonyl (C=O) groups is 1. The van der Waals surface area contributed by atoms with Gasteiger partial charge in [-0.05, 0) is 36.7 Å². The topological polar surface area (TPSA) is 80.9 Å². The Labute approximate surface area is 126 Å². The van der Waals surface area contributed by atoms with Gasteiger partial charge in [-0.3, -0.25) is 4.79 Å². The minimum atomic E-state index is -0.500. The predicted octanol–water partition coefficient (Wildman–Crippen LogP) is 2.50. The number of halogens is 1. The van der Waals surface area contributed by atoms with E-state index in [0.29, 0.717) is 28.8 Å². The summed E-state index contributed by atoms with van der Waals surface area (Å²) in [7, 11) is 0. The Kier molecular flexibility index (Phi) is 5.08. The van der Waals surface area contributed by atoms with Gasteiger partial charge in [0.1, 0.15) is 5.82 Å². The maximum Gasteiger partial charge on any atom is 0.253 e. The average Bonchev–Trinajstić information content (AvgIpc) is 2.82. The normalized spacial score (nSPS) is 12.5. The van der Waals surface area contributed by atoms with E-state index in [2.05, 4.69) is 15.3 Å². The Morgan fingerprint density at radius 3 is 2.90 bits per heavy atom. The van der Waals surface area contributed by atoms with Crippen LogP contribution in [0.15, 0.2) is 12.1 Å². The molecule has 4 N–H and O–H groups in total. The van der Waals surface area contributed by atoms with Gasteiger partial charge in [-0.15, -0.1) is 0 Å². The number of aliphatic hydroxyl groups is 1. The lowest BCUT2D eigenvalue weighted by molar-refractivity contribution is 0.0944. The van der Waals surface area contributed by atoms with Crippen LogP contribution < -0.4 is 5.32 Å². The molecule has 0 aliphatic rings. The molecule has 0 fully saturated rings. The molecule has 1 heterocycles. The van der Waals surface area contributed by atoms with Gasteiger partial charge < -0.3 is 20.4 Å². The Morgan fingerprint density at radius 1 is 1.48 bits per heavy atom. The van der Waals surface area contributed by atoms with Crippen LogP contribution in [-0.2, 0) is 0 Å². The molecule has 7 heteroatoms. The van der Waals surface area contributed by atoms with Gasteiger partial charge in [0, 0.05) is 13.2 Å². The minimum Gasteiger partial charge on any atom is -0.396 e. The molecule has 0 unspecified atom stereocenters. The number of rotatable bonds is 6. The van der Waals surface area contributed by atoms with E-state index in [1.807, 2.05) is 6.92 Å². The van der Waals surface area contributed by atoms with E-state index in [9.17, 15) is 9.18 Å². The predicted molar refractivity (Wildman–Crippen MR) is 81.3 cm³/mol. The van der Waals surface area contributed by atoms with Crippen molar-refractivity contribution in [2.75, 3.05) is 13.2 Å². The highest BCUT2D eigenvalue weighted by molar-refractivity contribution is 7.71. The van der Waals surface area contributed by atoms with Crippen LogP contribution in [0.5, 0.6) is 0 Å². The molecule has 1 aromatic heterocycles. The number of nitrogens with one attached hydrogen (secondary N) is 3. The monoisotopic (exact) mass is 311 g/mol. The van der Waals surface area contributed by atoms with Crippen molar-refractivity contribution in [2.24, 2.45) is 5.92 Å². The second-order valence-electron chi connectivity index (χ2n) is 4.95. The van der Waals surface area contributed by atoms with Gasteiger partial charge in [-0.2, -0.15) is 0 Å². The third kappa shape index (κ3) is 3.68. The first-order valence-corrected chi connectivity index (χ1v) is 7.26. The number of amides is 1. The molecule has 114 valence electrons. The van der Waals surface area contributed by atoms with Crippen molar-refractivity contribution in [3.8, 4) is 0 Å². The SMILES string of the molecule is CC[C@H](CCO)CNC(=O)c1cc(F)cc2[nH]c(=S)[nH]c12. The molecule has 2 rings (SSSR count). The van der Waals surface area contributed by atoms with Crippen LogP contribution in [0.2, 0.25) is 0 Å². The largest absolute Gasteiger partial charge is 0.396 e. The summed E-state index contributed by atoms with van der Waals surface area (Å²) in [4.78, 5) is 17.9. The maximum absolute atomic E-state index is 13.6. The van der Waals surface area contributed by atoms with Crippen LogP contribution in [0.3, 0.4) is 0 Å². The number of hydrogen-bond acceptors (Lipinski definition) is 3. The Morgan fingerprint density at radius 2 is 2.24 bits per heavy atom. The van der Waals surface area contributed by atoms with Gasteiger partial charge in [-0.25, -0.2) is 4.39 Å². The summed E-state index contributed by atoms with van der Waals surface area (Å²) >= 11 is 4.97. The maximum atomic E-state index is 13.6. The number of carbonyl (C=O) groups excluding carboxylic acids is 1. The number of fused-ring (bicyclic) bond motifs is 1. The fourth-order valence-electron chi connectivity index (χ4n) is 2.25. The highest BCUT2D eigenvalue weighted by Gasteiger charge is 2.15. The van der Waals surface area contributed by atoms with Crippen molar-refractivity contribution in [2.45, 2.75) is 19.8 Å². The minimum absolute atomic E-state index is 0.0868. The molecule has 5 nitrogen and oxygen atoms in total. The highest BCUT2D eigenvalue weighted by Crippen LogP contribution is 2.18. The standard InChI is InChI=1S/C14H18FN3O2S/c1-2-8(3-4-19)7-16-13(20)10-5-9(15)6-11-12(10)18-14(21)17-11/h5-6,8,19H,2-4,7H2,1H3,(H,16,20)(H2,17,18,21)/t8-/m1/s1. The molecule has 1 amide bonds. The summed E-state index contributed by atoms with van der Waals surface area (Å²) in [6.45, 7) is 2.53. The van der Waals surface area contributed by atoms with Gasteiger partial charge in [0.2, 0.25) is 0 Å². The first-order valence-electron chi connectivity index (χ1n) is 6.85. The third-order valence-corrected chi connectivity index (χ3v) is 3.70. The number of hydrogen-bond donors (Lipinski definition) is 4. The van der Waals surface area contributed by atoms with E-state index in [1.54, 1.807) is 0 Å². The molecule has 1 atom stereocenters. The number of H-pyrrole nitrogens is 2. The van der Waals surface area contributed by atoms with E-state index in [-0.39, 0.29) is 24.0 Å². The van der Waals surface area contributed by atoms with Gasteiger partial charge in [0.25, 0.3) is 5.91 Å². The zero-order valence-electron chi connectivity index (χ0n) is 11.7. The van der Waals surface area contributed by atoms with Crippen molar-refractivity contribution in [1.82, 2.24) is 15.3 Å². The van der Waals surface area contributed by atoms with E-state index in [1.165, 1.54) is 12.1 Å². The Balaban J connectivity index is 2.21. The van der Waals surface area contributed by atoms with Gasteiger partial charge in [0.15, 0.2) is 4.77 Å². The number of benzene rings is 1. The lowest BCUT2D eigenvalue weighted by atomic mass is 10.0. The quantitative estimate of drug-likeness (QED) is 0.619. The Bertz CT molecular complexity index is 695. The van der Waals surface area contributed by atoms with Crippen LogP contribution in [0.1, 0.15) is 30.1 Å². The zero-order valence-corrected chi connectivity index (χ0v) is 12.5. The van der Waals surface area contributed by atoms with E-state index >= 15 is 0 Å². The fourth-order valence-corrected chi connectivity index (χ4v) is 2.46. The summed E-state index contributed by atoms with van der Waals surface area (Å²) < 4.78 is 13.9. The van der Waals surface area contributed by atoms with Crippen LogP contribution in [0.25, 0.3) is 11.0 Å². The molecule has 0 aliphatic carbocycles. The lowest BCUT2D eigenvalue weighted by Crippen LogP contribution is -2.29. The molecule has 0 bridgehead atoms. The summed E-state index contributed by atoms with van der Waals surface area (Å²) in [5.74, 6) is -0.658. The van der Waals surface area contributed by atoms with Crippen molar-refractivity contribution < 1.29 is 14.3 Å². The molecule has 21 heavy (non-hydrogen) atoms. The summed E-state index contributed by atoms with van der Waals surface area (Å²) in [6, 6.07) is 2.47. The molecule has 0 radical (unpaired) electrons. The average molecular weight is 311 g/mol. The van der Waals surface area contributed by atoms with E-state index in [0.717, 1.165) is 6.42 Å². The summed E-state index contributed by atoms with van der Waals surface area (Å²) in [5.41, 5.74) is 1.18. The van der Waals surface area contributed by atoms with Crippen LogP contribution >= 0.6 is 12.2 Å². The number of aromatic amines is 2. The van der Waals surface area contributed by atoms with Crippen molar-refractivity contribution in [3.05, 3.63) is 28.3 Å². The van der Waals surface area contributed by atoms with E-state index < -0.39 is 5.82 Å². The van der Waals surface area contributed by atoms with Crippen molar-refractivity contribution in [1.29, 1.82) is 0 Å². The summed E-state index contributed by atoms with van der Waals surface area (Å²) in [6.07, 6.45) is 1.48. The third-order valence-electron chi connectivity index (χ3n) is 3.50. The van der Waals surface area contributed by atoms with E-state index in [4.69, 9.17) is 17.3 Å². The van der Waals surface area contributed by atoms with Gasteiger partial charge in [-0.1, -0.05) is 13.3 Å². The van der Waals surface area contributed by atoms with Crippen molar-refractivity contribution >= 4 is 29.2 Å². The number of aliphatic hydroxyl groups excluding tert-OH is 1. The lowest BCUT2D eigenvalue weighted by Gasteiger charge is -2.14. The smallest absolute Gasteiger partial charge is 0.253 e. The van der Waals surface area contributed by atoms with Gasteiger partial charge in [0.05, 0.1) is 16.6 Å². The Hall–Kier alpha value is -1.73. The molecule has 0 saturated carbocycles. The first-order chi connectivity index (χ1) is 10.0. The number of imidazole rings is 1. The van der Waals surface area contributed by atoms with Gasteiger partial charge >= 0.3 is 0 Å². The molecule has 0 aliphatic heterocycles. The zero-order chi connectivity index (χ0) is 15.4.